The van der Waals surface area contributed by atoms with Gasteiger partial charge >= 0.3 is 0 Å². The number of piperazine rings is 1. The van der Waals surface area contributed by atoms with Crippen LogP contribution in [0.15, 0.2) is 47.4 Å². The van der Waals surface area contributed by atoms with Crippen LogP contribution < -0.4 is 10.5 Å². The third-order valence-electron chi connectivity index (χ3n) is 6.71. The topological polar surface area (TPSA) is 76.0 Å². The van der Waals surface area contributed by atoms with Crippen LogP contribution in [0.3, 0.4) is 0 Å². The van der Waals surface area contributed by atoms with E-state index in [1.165, 1.54) is 12.1 Å². The molecule has 6 nitrogen and oxygen atoms in total. The van der Waals surface area contributed by atoms with Gasteiger partial charge in [-0.25, -0.2) is 9.37 Å². The molecule has 2 aliphatic rings. The Morgan fingerprint density at radius 1 is 1.10 bits per heavy atom. The van der Waals surface area contributed by atoms with Gasteiger partial charge in [0.1, 0.15) is 17.7 Å². The first kappa shape index (κ1) is 19.7. The van der Waals surface area contributed by atoms with Gasteiger partial charge in [-0.15, -0.1) is 0 Å². The number of aromatic nitrogens is 2. The molecule has 1 saturated heterocycles. The van der Waals surface area contributed by atoms with Crippen LogP contribution in [0.1, 0.15) is 36.4 Å². The van der Waals surface area contributed by atoms with Crippen LogP contribution in [0, 0.1) is 17.1 Å². The predicted octanol–water partition coefficient (Wildman–Crippen LogP) is 3.39. The zero-order chi connectivity index (χ0) is 21.4. The smallest absolute Gasteiger partial charge is 0.256 e. The number of nitrogens with zero attached hydrogens (tertiary/aromatic N) is 4. The van der Waals surface area contributed by atoms with Crippen LogP contribution in [0.4, 0.5) is 10.2 Å². The largest absolute Gasteiger partial charge is 0.354 e. The fraction of sp³-hybridized carbons (Fsp3) is 0.375. The van der Waals surface area contributed by atoms with E-state index in [-0.39, 0.29) is 11.4 Å². The van der Waals surface area contributed by atoms with E-state index >= 15 is 0 Å². The summed E-state index contributed by atoms with van der Waals surface area (Å²) in [7, 11) is 0. The van der Waals surface area contributed by atoms with Crippen molar-refractivity contribution in [1.82, 2.24) is 14.9 Å². The van der Waals surface area contributed by atoms with Gasteiger partial charge in [0.05, 0.1) is 5.56 Å². The van der Waals surface area contributed by atoms with Gasteiger partial charge in [-0.2, -0.15) is 5.26 Å². The highest BCUT2D eigenvalue weighted by Gasteiger charge is 2.32. The normalized spacial score (nSPS) is 22.0. The van der Waals surface area contributed by atoms with E-state index in [0.717, 1.165) is 62.3 Å². The van der Waals surface area contributed by atoms with Gasteiger partial charge in [-0.05, 0) is 55.0 Å². The van der Waals surface area contributed by atoms with Crippen molar-refractivity contribution in [1.29, 1.82) is 5.26 Å². The summed E-state index contributed by atoms with van der Waals surface area (Å²) in [5.74, 6) is 0.862. The number of halogens is 1. The number of pyridine rings is 2. The molecule has 0 radical (unpaired) electrons. The maximum absolute atomic E-state index is 13.5. The minimum Gasteiger partial charge on any atom is -0.354 e. The van der Waals surface area contributed by atoms with E-state index in [4.69, 9.17) is 5.26 Å². The number of anilines is 1. The lowest BCUT2D eigenvalue weighted by Gasteiger charge is -2.38. The maximum atomic E-state index is 13.5. The van der Waals surface area contributed by atoms with Gasteiger partial charge in [0.15, 0.2) is 0 Å². The van der Waals surface area contributed by atoms with Gasteiger partial charge in [0.25, 0.3) is 5.56 Å². The van der Waals surface area contributed by atoms with Crippen molar-refractivity contribution in [2.75, 3.05) is 31.1 Å². The molecule has 5 rings (SSSR count). The van der Waals surface area contributed by atoms with Crippen LogP contribution in [0.5, 0.6) is 0 Å². The first-order chi connectivity index (χ1) is 15.1. The Balaban J connectivity index is 1.23. The van der Waals surface area contributed by atoms with Gasteiger partial charge in [0, 0.05) is 55.4 Å². The summed E-state index contributed by atoms with van der Waals surface area (Å²) in [6.07, 6.45) is 4.81. The number of H-pyrrole nitrogens is 1. The molecule has 0 spiro atoms. The van der Waals surface area contributed by atoms with E-state index < -0.39 is 0 Å². The third kappa shape index (κ3) is 3.91. The van der Waals surface area contributed by atoms with Gasteiger partial charge in [0.2, 0.25) is 0 Å². The second-order valence-corrected chi connectivity index (χ2v) is 8.49. The third-order valence-corrected chi connectivity index (χ3v) is 6.71. The van der Waals surface area contributed by atoms with Crippen LogP contribution in [0.2, 0.25) is 0 Å². The molecule has 2 unspecified atom stereocenters. The Labute approximate surface area is 179 Å². The quantitative estimate of drug-likeness (QED) is 0.707. The second-order valence-electron chi connectivity index (χ2n) is 8.49. The zero-order valence-electron chi connectivity index (χ0n) is 17.2. The van der Waals surface area contributed by atoms with Crippen LogP contribution in [-0.4, -0.2) is 47.1 Å². The van der Waals surface area contributed by atoms with E-state index in [1.54, 1.807) is 12.3 Å². The Hall–Kier alpha value is -3.24. The highest BCUT2D eigenvalue weighted by atomic mass is 19.1. The number of fused-ring (bicyclic) bond motifs is 1. The summed E-state index contributed by atoms with van der Waals surface area (Å²) >= 11 is 0. The molecule has 0 amide bonds. The minimum atomic E-state index is -0.387. The SMILES string of the molecule is N#Cc1ccc(N2CCN(C3CCC(c4cc5ccc(F)cc5c(=O)[nH]4)C3)CC2)nc1. The Bertz CT molecular complexity index is 1190. The van der Waals surface area contributed by atoms with Gasteiger partial charge < -0.3 is 9.88 Å². The molecule has 1 aliphatic heterocycles. The summed E-state index contributed by atoms with van der Waals surface area (Å²) in [5, 5.41) is 10.1. The molecule has 1 aliphatic carbocycles. The van der Waals surface area contributed by atoms with Crippen molar-refractivity contribution in [3.63, 3.8) is 0 Å². The molecule has 1 N–H and O–H groups in total. The average molecular weight is 417 g/mol. The standard InChI is InChI=1S/C24H24FN5O/c25-19-4-2-17-12-22(28-24(31)21(17)13-19)18-3-5-20(11-18)29-7-9-30(10-8-29)23-6-1-16(14-26)15-27-23/h1-2,4,6,12-13,15,18,20H,3,5,7-11H2,(H,28,31). The van der Waals surface area contributed by atoms with Crippen LogP contribution in [0.25, 0.3) is 10.8 Å². The van der Waals surface area contributed by atoms with Crippen molar-refractivity contribution in [2.45, 2.75) is 31.2 Å². The van der Waals surface area contributed by atoms with Crippen LogP contribution >= 0.6 is 0 Å². The summed E-state index contributed by atoms with van der Waals surface area (Å²) < 4.78 is 13.5. The predicted molar refractivity (Wildman–Crippen MR) is 118 cm³/mol. The fourth-order valence-electron chi connectivity index (χ4n) is 5.00. The first-order valence-corrected chi connectivity index (χ1v) is 10.8. The molecule has 1 saturated carbocycles. The van der Waals surface area contributed by atoms with Crippen molar-refractivity contribution in [2.24, 2.45) is 0 Å². The molecular formula is C24H24FN5O. The van der Waals surface area contributed by atoms with E-state index in [0.29, 0.717) is 22.9 Å². The van der Waals surface area contributed by atoms with Crippen molar-refractivity contribution >= 4 is 16.6 Å². The van der Waals surface area contributed by atoms with Gasteiger partial charge in [-0.1, -0.05) is 6.07 Å². The molecule has 0 bridgehead atoms. The highest BCUT2D eigenvalue weighted by molar-refractivity contribution is 5.81. The molecule has 31 heavy (non-hydrogen) atoms. The number of benzene rings is 1. The summed E-state index contributed by atoms with van der Waals surface area (Å²) in [6.45, 7) is 3.79. The lowest BCUT2D eigenvalue weighted by atomic mass is 10.0. The number of aromatic amines is 1. The second kappa shape index (κ2) is 8.12. The number of hydrogen-bond donors (Lipinski definition) is 1. The average Bonchev–Trinajstić information content (AvgIpc) is 3.30. The molecule has 2 atom stereocenters. The number of nitriles is 1. The zero-order valence-corrected chi connectivity index (χ0v) is 17.2. The lowest BCUT2D eigenvalue weighted by molar-refractivity contribution is 0.186. The summed E-state index contributed by atoms with van der Waals surface area (Å²) in [5.41, 5.74) is 1.34. The molecule has 2 fully saturated rings. The van der Waals surface area contributed by atoms with E-state index in [2.05, 4.69) is 25.8 Å². The molecule has 2 aromatic heterocycles. The number of rotatable bonds is 3. The monoisotopic (exact) mass is 417 g/mol. The number of nitrogens with one attached hydrogen (secondary N) is 1. The Kier molecular flexibility index (Phi) is 5.16. The first-order valence-electron chi connectivity index (χ1n) is 10.8. The molecular weight excluding hydrogens is 393 g/mol. The molecule has 158 valence electrons. The number of hydrogen-bond acceptors (Lipinski definition) is 5. The molecule has 1 aromatic carbocycles. The molecule has 3 heterocycles. The molecule has 3 aromatic rings. The lowest BCUT2D eigenvalue weighted by Crippen LogP contribution is -2.50. The van der Waals surface area contributed by atoms with Crippen molar-refractivity contribution < 1.29 is 4.39 Å². The van der Waals surface area contributed by atoms with Crippen LogP contribution in [-0.2, 0) is 0 Å². The Morgan fingerprint density at radius 2 is 1.94 bits per heavy atom. The van der Waals surface area contributed by atoms with E-state index in [1.807, 2.05) is 18.2 Å². The Morgan fingerprint density at radius 3 is 2.68 bits per heavy atom. The maximum Gasteiger partial charge on any atom is 0.256 e. The van der Waals surface area contributed by atoms with Crippen molar-refractivity contribution in [3.8, 4) is 6.07 Å². The summed E-state index contributed by atoms with van der Waals surface area (Å²) in [4.78, 5) is 24.7. The van der Waals surface area contributed by atoms with Crippen molar-refractivity contribution in [3.05, 3.63) is 70.0 Å². The van der Waals surface area contributed by atoms with Gasteiger partial charge in [-0.3, -0.25) is 9.69 Å². The summed E-state index contributed by atoms with van der Waals surface area (Å²) in [6, 6.07) is 12.8. The minimum absolute atomic E-state index is 0.209. The highest BCUT2D eigenvalue weighted by Crippen LogP contribution is 2.37. The van der Waals surface area contributed by atoms with E-state index in [9.17, 15) is 9.18 Å². The fourth-order valence-corrected chi connectivity index (χ4v) is 5.00. The molecule has 7 heteroatoms.